The first-order chi connectivity index (χ1) is 10.2. The number of rotatable bonds is 7. The summed E-state index contributed by atoms with van der Waals surface area (Å²) in [4.78, 5) is 10.4. The number of carboxylic acids is 1. The van der Waals surface area contributed by atoms with Crippen LogP contribution >= 0.6 is 11.3 Å². The smallest absolute Gasteiger partial charge is 0.325 e. The molecule has 2 aromatic heterocycles. The van der Waals surface area contributed by atoms with Gasteiger partial charge in [-0.3, -0.25) is 9.48 Å². The summed E-state index contributed by atoms with van der Waals surface area (Å²) in [6, 6.07) is 1.71. The second kappa shape index (κ2) is 6.16. The largest absolute Gasteiger partial charge is 0.480 e. The van der Waals surface area contributed by atoms with Crippen LogP contribution in [0, 0.1) is 0 Å². The highest BCUT2D eigenvalue weighted by atomic mass is 32.2. The van der Waals surface area contributed by atoms with Gasteiger partial charge in [0.1, 0.15) is 17.0 Å². The molecular formula is C12H15N3O5S2. The molecule has 0 aliphatic heterocycles. The molecule has 1 unspecified atom stereocenters. The summed E-state index contributed by atoms with van der Waals surface area (Å²) in [6.07, 6.45) is 2.18. The summed E-state index contributed by atoms with van der Waals surface area (Å²) in [6.45, 7) is 0.865. The maximum Gasteiger partial charge on any atom is 0.325 e. The van der Waals surface area contributed by atoms with Crippen LogP contribution in [-0.2, 0) is 27.0 Å². The molecule has 0 radical (unpaired) electrons. The Hall–Kier alpha value is -1.75. The topological polar surface area (TPSA) is 122 Å². The van der Waals surface area contributed by atoms with Gasteiger partial charge >= 0.3 is 5.97 Å². The molecule has 22 heavy (non-hydrogen) atoms. The van der Waals surface area contributed by atoms with E-state index in [0.717, 1.165) is 17.1 Å². The molecule has 0 fully saturated rings. The Bertz CT molecular complexity index is 750. The van der Waals surface area contributed by atoms with Crippen LogP contribution in [0.25, 0.3) is 0 Å². The molecule has 2 rings (SSSR count). The first kappa shape index (κ1) is 16.6. The number of carbonyl (C=O) groups is 1. The predicted molar refractivity (Wildman–Crippen MR) is 78.9 cm³/mol. The van der Waals surface area contributed by atoms with Gasteiger partial charge in [-0.15, -0.1) is 0 Å². The molecule has 0 spiro atoms. The van der Waals surface area contributed by atoms with Crippen LogP contribution in [-0.4, -0.2) is 40.9 Å². The van der Waals surface area contributed by atoms with Crippen molar-refractivity contribution in [1.29, 1.82) is 0 Å². The molecule has 3 N–H and O–H groups in total. The summed E-state index contributed by atoms with van der Waals surface area (Å²) in [5, 5.41) is 26.1. The minimum atomic E-state index is -3.88. The van der Waals surface area contributed by atoms with E-state index >= 15 is 0 Å². The van der Waals surface area contributed by atoms with Gasteiger partial charge in [-0.2, -0.15) is 16.4 Å². The van der Waals surface area contributed by atoms with Crippen molar-refractivity contribution in [2.24, 2.45) is 0 Å². The maximum absolute atomic E-state index is 12.1. The summed E-state index contributed by atoms with van der Waals surface area (Å²) >= 11 is 1.40. The van der Waals surface area contributed by atoms with Crippen molar-refractivity contribution in [2.45, 2.75) is 24.0 Å². The van der Waals surface area contributed by atoms with Crippen molar-refractivity contribution in [3.05, 3.63) is 34.8 Å². The third kappa shape index (κ3) is 3.91. The van der Waals surface area contributed by atoms with E-state index < -0.39 is 28.1 Å². The highest BCUT2D eigenvalue weighted by Gasteiger charge is 2.27. The van der Waals surface area contributed by atoms with Crippen molar-refractivity contribution < 1.29 is 23.4 Å². The van der Waals surface area contributed by atoms with Crippen LogP contribution in [0.2, 0.25) is 0 Å². The van der Waals surface area contributed by atoms with E-state index in [-0.39, 0.29) is 11.4 Å². The van der Waals surface area contributed by atoms with Crippen LogP contribution in [0.15, 0.2) is 34.1 Å². The van der Waals surface area contributed by atoms with Gasteiger partial charge in [-0.1, -0.05) is 0 Å². The van der Waals surface area contributed by atoms with Gasteiger partial charge in [0.25, 0.3) is 0 Å². The molecule has 120 valence electrons. The highest BCUT2D eigenvalue weighted by molar-refractivity contribution is 7.89. The van der Waals surface area contributed by atoms with Crippen molar-refractivity contribution >= 4 is 27.3 Å². The third-order valence-corrected chi connectivity index (χ3v) is 5.01. The number of hydrogen-bond donors (Lipinski definition) is 3. The summed E-state index contributed by atoms with van der Waals surface area (Å²) in [5.74, 6) is -1.12. The van der Waals surface area contributed by atoms with Gasteiger partial charge in [0.05, 0.1) is 6.20 Å². The number of aliphatic hydroxyl groups is 1. The average Bonchev–Trinajstić information content (AvgIpc) is 3.07. The number of sulfonamides is 1. The average molecular weight is 345 g/mol. The second-order valence-electron chi connectivity index (χ2n) is 4.88. The van der Waals surface area contributed by atoms with Gasteiger partial charge in [0, 0.05) is 12.7 Å². The molecule has 2 heterocycles. The Morgan fingerprint density at radius 3 is 2.86 bits per heavy atom. The van der Waals surface area contributed by atoms with Crippen molar-refractivity contribution in [3.63, 3.8) is 0 Å². The molecule has 2 aromatic rings. The van der Waals surface area contributed by atoms with Gasteiger partial charge in [-0.25, -0.2) is 13.1 Å². The van der Waals surface area contributed by atoms with Crippen molar-refractivity contribution in [1.82, 2.24) is 14.5 Å². The standard InChI is InChI=1S/C12H15N3O5S2/c1-12(18,9-2-3-21-7-9)8-14-22(19,20)10-4-13-15(5-10)6-11(16)17/h2-5,7,14,18H,6,8H2,1H3,(H,16,17). The first-order valence-corrected chi connectivity index (χ1v) is 8.62. The Balaban J connectivity index is 2.08. The van der Waals surface area contributed by atoms with E-state index in [4.69, 9.17) is 5.11 Å². The monoisotopic (exact) mass is 345 g/mol. The molecule has 0 saturated heterocycles. The van der Waals surface area contributed by atoms with E-state index in [9.17, 15) is 18.3 Å². The number of nitrogens with zero attached hydrogens (tertiary/aromatic N) is 2. The quantitative estimate of drug-likeness (QED) is 0.660. The van der Waals surface area contributed by atoms with Gasteiger partial charge in [-0.05, 0) is 29.3 Å². The molecule has 1 atom stereocenters. The van der Waals surface area contributed by atoms with Crippen LogP contribution in [0.4, 0.5) is 0 Å². The number of carboxylic acid groups (broad SMARTS) is 1. The SMILES string of the molecule is CC(O)(CNS(=O)(=O)c1cnn(CC(=O)O)c1)c1ccsc1. The number of aliphatic carboxylic acids is 1. The highest BCUT2D eigenvalue weighted by Crippen LogP contribution is 2.22. The summed E-state index contributed by atoms with van der Waals surface area (Å²) in [5.41, 5.74) is -0.730. The Labute approximate surface area is 131 Å². The van der Waals surface area contributed by atoms with Crippen molar-refractivity contribution in [2.75, 3.05) is 6.54 Å². The number of thiophene rings is 1. The zero-order valence-electron chi connectivity index (χ0n) is 11.6. The van der Waals surface area contributed by atoms with E-state index in [1.165, 1.54) is 18.3 Å². The van der Waals surface area contributed by atoms with E-state index in [1.807, 2.05) is 0 Å². The van der Waals surface area contributed by atoms with E-state index in [2.05, 4.69) is 9.82 Å². The zero-order chi connectivity index (χ0) is 16.4. The van der Waals surface area contributed by atoms with E-state index in [1.54, 1.807) is 16.8 Å². The molecule has 0 amide bonds. The summed E-state index contributed by atoms with van der Waals surface area (Å²) in [7, 11) is -3.88. The first-order valence-electron chi connectivity index (χ1n) is 6.20. The lowest BCUT2D eigenvalue weighted by atomic mass is 10.0. The minimum Gasteiger partial charge on any atom is -0.480 e. The third-order valence-electron chi connectivity index (χ3n) is 2.97. The Morgan fingerprint density at radius 2 is 2.27 bits per heavy atom. The molecule has 0 aliphatic rings. The van der Waals surface area contributed by atoms with Gasteiger partial charge in [0.2, 0.25) is 10.0 Å². The number of aromatic nitrogens is 2. The lowest BCUT2D eigenvalue weighted by Gasteiger charge is -2.22. The fourth-order valence-corrected chi connectivity index (χ4v) is 3.57. The van der Waals surface area contributed by atoms with E-state index in [0.29, 0.717) is 5.56 Å². The Kier molecular flexibility index (Phi) is 4.66. The molecular weight excluding hydrogens is 330 g/mol. The minimum absolute atomic E-state index is 0.158. The molecule has 10 heteroatoms. The molecule has 0 bridgehead atoms. The molecule has 8 nitrogen and oxygen atoms in total. The lowest BCUT2D eigenvalue weighted by molar-refractivity contribution is -0.137. The normalized spacial score (nSPS) is 14.6. The fourth-order valence-electron chi connectivity index (χ4n) is 1.70. The Morgan fingerprint density at radius 1 is 1.55 bits per heavy atom. The predicted octanol–water partition coefficient (Wildman–Crippen LogP) is 0.215. The van der Waals surface area contributed by atoms with Crippen LogP contribution in [0.3, 0.4) is 0 Å². The lowest BCUT2D eigenvalue weighted by Crippen LogP contribution is -2.38. The molecule has 0 aliphatic carbocycles. The number of nitrogens with one attached hydrogen (secondary N) is 1. The van der Waals surface area contributed by atoms with Crippen LogP contribution in [0.5, 0.6) is 0 Å². The molecule has 0 saturated carbocycles. The zero-order valence-corrected chi connectivity index (χ0v) is 13.3. The van der Waals surface area contributed by atoms with Crippen LogP contribution < -0.4 is 4.72 Å². The van der Waals surface area contributed by atoms with Gasteiger partial charge in [0.15, 0.2) is 0 Å². The summed E-state index contributed by atoms with van der Waals surface area (Å²) < 4.78 is 27.6. The molecule has 0 aromatic carbocycles. The van der Waals surface area contributed by atoms with Crippen LogP contribution in [0.1, 0.15) is 12.5 Å². The second-order valence-corrected chi connectivity index (χ2v) is 7.42. The van der Waals surface area contributed by atoms with Gasteiger partial charge < -0.3 is 10.2 Å². The fraction of sp³-hybridized carbons (Fsp3) is 0.333. The van der Waals surface area contributed by atoms with Crippen molar-refractivity contribution in [3.8, 4) is 0 Å². The maximum atomic E-state index is 12.1. The number of hydrogen-bond acceptors (Lipinski definition) is 6.